The molecule has 2 rings (SSSR count). The second-order valence-electron chi connectivity index (χ2n) is 2.71. The molecule has 0 saturated heterocycles. The van der Waals surface area contributed by atoms with Gasteiger partial charge in [-0.2, -0.15) is 24.3 Å². The first kappa shape index (κ1) is 15.6. The zero-order valence-corrected chi connectivity index (χ0v) is 11.5. The van der Waals surface area contributed by atoms with Crippen LogP contribution in [-0.2, 0) is 11.4 Å². The Morgan fingerprint density at radius 2 is 2.00 bits per heavy atom. The van der Waals surface area contributed by atoms with Crippen molar-refractivity contribution in [1.82, 2.24) is 0 Å². The third kappa shape index (κ3) is 5.07. The van der Waals surface area contributed by atoms with Gasteiger partial charge in [0.2, 0.25) is 0 Å². The number of rotatable bonds is 0. The van der Waals surface area contributed by atoms with Crippen molar-refractivity contribution >= 4 is 27.8 Å². The summed E-state index contributed by atoms with van der Waals surface area (Å²) in [6, 6.07) is 14.7. The van der Waals surface area contributed by atoms with E-state index < -0.39 is 11.4 Å². The molecule has 3 N–H and O–H groups in total. The first-order valence-electron chi connectivity index (χ1n) is 4.04. The minimum atomic E-state index is -2.86. The second-order valence-corrected chi connectivity index (χ2v) is 3.15. The van der Waals surface area contributed by atoms with Crippen LogP contribution in [0.15, 0.2) is 36.4 Å². The largest absolute Gasteiger partial charge is 1.00 e. The molecular weight excluding hydrogens is 237 g/mol. The van der Waals surface area contributed by atoms with Gasteiger partial charge >= 0.3 is 29.6 Å². The van der Waals surface area contributed by atoms with Crippen LogP contribution in [0, 0.1) is 6.07 Å². The molecule has 0 heterocycles. The van der Waals surface area contributed by atoms with Gasteiger partial charge in [-0.05, 0) is 5.69 Å². The molecule has 0 fully saturated rings. The standard InChI is InChI=1S/C10H8N.Na.H2O3S/c11-10-7-3-5-8-4-1-2-6-9(8)10;;1-4(2)3/h1,3-7H,11H2;;(H2,1,2,3)/q-1;+1;/p-1. The van der Waals surface area contributed by atoms with Crippen LogP contribution >= 0.6 is 0 Å². The summed E-state index contributed by atoms with van der Waals surface area (Å²) in [6.07, 6.45) is 0. The Labute approximate surface area is 118 Å². The molecule has 0 spiro atoms. The van der Waals surface area contributed by atoms with Gasteiger partial charge in [0.1, 0.15) is 0 Å². The summed E-state index contributed by atoms with van der Waals surface area (Å²) >= 11 is -2.86. The molecule has 2 aromatic carbocycles. The normalized spacial score (nSPS) is 10.9. The molecule has 6 heteroatoms. The van der Waals surface area contributed by atoms with E-state index >= 15 is 0 Å². The SMILES string of the molecule is Nc1cccc2cc[c-]cc12.O=S([O-])O.[Na+]. The van der Waals surface area contributed by atoms with Crippen molar-refractivity contribution in [2.75, 3.05) is 5.73 Å². The summed E-state index contributed by atoms with van der Waals surface area (Å²) in [7, 11) is 0. The molecule has 0 aliphatic heterocycles. The first-order chi connectivity index (χ1) is 7.11. The van der Waals surface area contributed by atoms with E-state index in [0.29, 0.717) is 0 Å². The predicted octanol–water partition coefficient (Wildman–Crippen LogP) is -1.44. The van der Waals surface area contributed by atoms with E-state index in [0.717, 1.165) is 11.1 Å². The molecule has 0 aliphatic carbocycles. The van der Waals surface area contributed by atoms with E-state index in [1.807, 2.05) is 36.4 Å². The quantitative estimate of drug-likeness (QED) is 0.258. The molecule has 1 atom stereocenters. The van der Waals surface area contributed by atoms with Crippen LogP contribution in [0.25, 0.3) is 10.8 Å². The minimum absolute atomic E-state index is 0. The third-order valence-corrected chi connectivity index (χ3v) is 1.76. The average Bonchev–Trinajstić information content (AvgIpc) is 2.18. The minimum Gasteiger partial charge on any atom is -0.750 e. The fourth-order valence-corrected chi connectivity index (χ4v) is 1.18. The fourth-order valence-electron chi connectivity index (χ4n) is 1.18. The monoisotopic (exact) mass is 246 g/mol. The Morgan fingerprint density at radius 3 is 2.56 bits per heavy atom. The van der Waals surface area contributed by atoms with Crippen molar-refractivity contribution in [3.8, 4) is 0 Å². The summed E-state index contributed by atoms with van der Waals surface area (Å²) in [5, 5.41) is 2.25. The van der Waals surface area contributed by atoms with Gasteiger partial charge in [0.05, 0.1) is 11.4 Å². The van der Waals surface area contributed by atoms with Gasteiger partial charge in [-0.25, -0.2) is 4.21 Å². The molecule has 0 bridgehead atoms. The molecule has 0 saturated carbocycles. The first-order valence-corrected chi connectivity index (χ1v) is 5.07. The zero-order chi connectivity index (χ0) is 11.3. The van der Waals surface area contributed by atoms with Gasteiger partial charge in [-0.1, -0.05) is 18.2 Å². The molecule has 0 aliphatic rings. The van der Waals surface area contributed by atoms with E-state index in [-0.39, 0.29) is 29.6 Å². The van der Waals surface area contributed by atoms with Crippen LogP contribution in [0.5, 0.6) is 0 Å². The average molecular weight is 246 g/mol. The molecule has 1 unspecified atom stereocenters. The van der Waals surface area contributed by atoms with Crippen molar-refractivity contribution in [2.45, 2.75) is 0 Å². The molecule has 0 radical (unpaired) electrons. The summed E-state index contributed by atoms with van der Waals surface area (Å²) < 4.78 is 24.1. The number of anilines is 1. The number of hydrogen-bond donors (Lipinski definition) is 2. The smallest absolute Gasteiger partial charge is 0.750 e. The van der Waals surface area contributed by atoms with Crippen molar-refractivity contribution in [3.63, 3.8) is 0 Å². The molecule has 2 aromatic rings. The maximum Gasteiger partial charge on any atom is 1.00 e. The van der Waals surface area contributed by atoms with Crippen LogP contribution in [-0.4, -0.2) is 13.3 Å². The number of benzene rings is 2. The Morgan fingerprint density at radius 1 is 1.38 bits per heavy atom. The van der Waals surface area contributed by atoms with Gasteiger partial charge in [0.25, 0.3) is 0 Å². The van der Waals surface area contributed by atoms with E-state index in [2.05, 4.69) is 6.07 Å². The zero-order valence-electron chi connectivity index (χ0n) is 8.71. The van der Waals surface area contributed by atoms with Crippen LogP contribution in [0.4, 0.5) is 5.69 Å². The van der Waals surface area contributed by atoms with Gasteiger partial charge in [0, 0.05) is 0 Å². The number of nitrogens with two attached hydrogens (primary N) is 1. The molecule has 0 aromatic heterocycles. The Balaban J connectivity index is 0.000000397. The van der Waals surface area contributed by atoms with Crippen LogP contribution in [0.1, 0.15) is 0 Å². The van der Waals surface area contributed by atoms with Crippen LogP contribution < -0.4 is 35.3 Å². The maximum atomic E-state index is 8.56. The molecule has 4 nitrogen and oxygen atoms in total. The molecular formula is C10H9NNaO3S-. The van der Waals surface area contributed by atoms with Crippen molar-refractivity contribution < 1.29 is 42.9 Å². The van der Waals surface area contributed by atoms with Crippen LogP contribution in [0.3, 0.4) is 0 Å². The Hall–Kier alpha value is -0.430. The number of hydrogen-bond acceptors (Lipinski definition) is 3. The summed E-state index contributed by atoms with van der Waals surface area (Å²) in [5.74, 6) is 0. The topological polar surface area (TPSA) is 86.4 Å². The van der Waals surface area contributed by atoms with Gasteiger partial charge in [-0.15, -0.1) is 10.8 Å². The van der Waals surface area contributed by atoms with Gasteiger partial charge < -0.3 is 14.8 Å². The Kier molecular flexibility index (Phi) is 7.57. The molecule has 0 amide bonds. The number of nitrogen functional groups attached to an aromatic ring is 1. The van der Waals surface area contributed by atoms with E-state index in [4.69, 9.17) is 19.0 Å². The van der Waals surface area contributed by atoms with Crippen molar-refractivity contribution in [2.24, 2.45) is 0 Å². The summed E-state index contributed by atoms with van der Waals surface area (Å²) in [5.41, 5.74) is 6.56. The van der Waals surface area contributed by atoms with E-state index in [1.54, 1.807) is 0 Å². The number of fused-ring (bicyclic) bond motifs is 1. The molecule has 80 valence electrons. The van der Waals surface area contributed by atoms with Crippen LogP contribution in [0.2, 0.25) is 0 Å². The van der Waals surface area contributed by atoms with E-state index in [1.165, 1.54) is 5.39 Å². The molecule has 16 heavy (non-hydrogen) atoms. The summed E-state index contributed by atoms with van der Waals surface area (Å²) in [4.78, 5) is 0. The second kappa shape index (κ2) is 7.78. The van der Waals surface area contributed by atoms with Gasteiger partial charge in [0.15, 0.2) is 0 Å². The fraction of sp³-hybridized carbons (Fsp3) is 0. The van der Waals surface area contributed by atoms with E-state index in [9.17, 15) is 0 Å². The summed E-state index contributed by atoms with van der Waals surface area (Å²) in [6.45, 7) is 0. The Bertz CT molecular complexity index is 469. The van der Waals surface area contributed by atoms with Gasteiger partial charge in [-0.3, -0.25) is 0 Å². The predicted molar refractivity (Wildman–Crippen MR) is 58.7 cm³/mol. The van der Waals surface area contributed by atoms with Crippen molar-refractivity contribution in [3.05, 3.63) is 42.5 Å². The van der Waals surface area contributed by atoms with Crippen molar-refractivity contribution in [1.29, 1.82) is 0 Å². The maximum absolute atomic E-state index is 8.56. The third-order valence-electron chi connectivity index (χ3n) is 1.76.